The molecule has 0 radical (unpaired) electrons. The lowest BCUT2D eigenvalue weighted by Gasteiger charge is -2.33. The highest BCUT2D eigenvalue weighted by molar-refractivity contribution is 7.91. The van der Waals surface area contributed by atoms with Crippen LogP contribution in [0.1, 0.15) is 43.4 Å². The Morgan fingerprint density at radius 3 is 2.92 bits per heavy atom. The minimum absolute atomic E-state index is 0.272. The van der Waals surface area contributed by atoms with Crippen molar-refractivity contribution in [2.24, 2.45) is 0 Å². The van der Waals surface area contributed by atoms with Crippen LogP contribution in [0.2, 0.25) is 0 Å². The molecule has 2 aliphatic rings. The van der Waals surface area contributed by atoms with Crippen molar-refractivity contribution in [1.82, 2.24) is 9.46 Å². The van der Waals surface area contributed by atoms with Crippen LogP contribution in [0, 0.1) is 0 Å². The highest BCUT2D eigenvalue weighted by Crippen LogP contribution is 2.31. The molecule has 1 atom stereocenters. The first-order chi connectivity index (χ1) is 12.6. The van der Waals surface area contributed by atoms with Crippen LogP contribution < -0.4 is 5.32 Å². The fourth-order valence-corrected chi connectivity index (χ4v) is 6.44. The summed E-state index contributed by atoms with van der Waals surface area (Å²) in [5, 5.41) is 8.57. The highest BCUT2D eigenvalue weighted by Gasteiger charge is 2.38. The number of carbonyl (C=O) groups excluding carboxylic acids is 1. The molecule has 140 valence electrons. The maximum atomic E-state index is 12.9. The normalized spacial score (nSPS) is 21.3. The van der Waals surface area contributed by atoms with Gasteiger partial charge in [0, 0.05) is 12.1 Å². The number of rotatable bonds is 4. The molecule has 2 aromatic heterocycles. The number of carbonyl (C=O) groups is 1. The van der Waals surface area contributed by atoms with E-state index < -0.39 is 16.1 Å². The minimum Gasteiger partial charge on any atom is -0.338 e. The van der Waals surface area contributed by atoms with Crippen LogP contribution in [0.4, 0.5) is 5.88 Å². The maximum Gasteiger partial charge on any atom is 0.253 e. The van der Waals surface area contributed by atoms with Crippen LogP contribution in [-0.4, -0.2) is 36.4 Å². The molecule has 0 saturated carbocycles. The van der Waals surface area contributed by atoms with Crippen molar-refractivity contribution >= 4 is 33.2 Å². The molecule has 0 bridgehead atoms. The molecular weight excluding hydrogens is 374 g/mol. The lowest BCUT2D eigenvalue weighted by molar-refractivity contribution is -0.120. The third-order valence-electron chi connectivity index (χ3n) is 5.01. The molecular formula is C17H21N3O4S2. The number of aryl methyl sites for hydroxylation is 1. The van der Waals surface area contributed by atoms with Gasteiger partial charge in [0.05, 0.1) is 5.69 Å². The molecule has 1 amide bonds. The van der Waals surface area contributed by atoms with Crippen molar-refractivity contribution in [2.75, 3.05) is 11.9 Å². The lowest BCUT2D eigenvalue weighted by atomic mass is 9.97. The van der Waals surface area contributed by atoms with Crippen molar-refractivity contribution in [1.29, 1.82) is 0 Å². The number of hydrogen-bond acceptors (Lipinski definition) is 6. The van der Waals surface area contributed by atoms with E-state index in [1.165, 1.54) is 15.6 Å². The van der Waals surface area contributed by atoms with Crippen LogP contribution in [0.5, 0.6) is 0 Å². The van der Waals surface area contributed by atoms with Gasteiger partial charge >= 0.3 is 0 Å². The van der Waals surface area contributed by atoms with Gasteiger partial charge in [0.15, 0.2) is 0 Å². The number of sulfonamides is 1. The molecule has 9 heteroatoms. The Labute approximate surface area is 156 Å². The molecule has 0 unspecified atom stereocenters. The van der Waals surface area contributed by atoms with E-state index in [4.69, 9.17) is 4.52 Å². The van der Waals surface area contributed by atoms with Gasteiger partial charge < -0.3 is 4.52 Å². The summed E-state index contributed by atoms with van der Waals surface area (Å²) in [5.74, 6) is 0.0399. The first-order valence-electron chi connectivity index (χ1n) is 8.91. The van der Waals surface area contributed by atoms with Crippen molar-refractivity contribution in [3.05, 3.63) is 28.8 Å². The zero-order valence-electron chi connectivity index (χ0n) is 14.3. The van der Waals surface area contributed by atoms with E-state index in [1.54, 1.807) is 17.5 Å². The second-order valence-corrected chi connectivity index (χ2v) is 9.76. The first-order valence-corrected chi connectivity index (χ1v) is 11.2. The van der Waals surface area contributed by atoms with E-state index in [1.807, 2.05) is 0 Å². The second kappa shape index (κ2) is 7.13. The van der Waals surface area contributed by atoms with E-state index in [9.17, 15) is 13.2 Å². The number of piperidine rings is 1. The molecule has 7 nitrogen and oxygen atoms in total. The molecule has 0 aromatic carbocycles. The summed E-state index contributed by atoms with van der Waals surface area (Å²) in [7, 11) is -3.66. The third kappa shape index (κ3) is 3.19. The molecule has 2 aromatic rings. The van der Waals surface area contributed by atoms with Gasteiger partial charge in [-0.3, -0.25) is 10.1 Å². The van der Waals surface area contributed by atoms with E-state index in [0.29, 0.717) is 18.8 Å². The Bertz CT molecular complexity index is 889. The molecule has 1 aliphatic heterocycles. The third-order valence-corrected chi connectivity index (χ3v) is 8.29. The standard InChI is InChI=1S/C17H21N3O4S2/c21-16(18-17-12-6-1-2-7-13(12)19-24-17)14-8-3-4-10-20(14)26(22,23)15-9-5-11-25-15/h5,9,11,14H,1-4,6-8,10H2,(H,18,21)/t14-/m1/s1. The Morgan fingerprint density at radius 2 is 2.12 bits per heavy atom. The molecule has 4 rings (SSSR count). The van der Waals surface area contributed by atoms with E-state index >= 15 is 0 Å². The number of aromatic nitrogens is 1. The van der Waals surface area contributed by atoms with Crippen LogP contribution in [0.15, 0.2) is 26.2 Å². The van der Waals surface area contributed by atoms with Crippen molar-refractivity contribution in [3.63, 3.8) is 0 Å². The summed E-state index contributed by atoms with van der Waals surface area (Å²) < 4.78 is 32.8. The smallest absolute Gasteiger partial charge is 0.253 e. The monoisotopic (exact) mass is 395 g/mol. The van der Waals surface area contributed by atoms with Crippen molar-refractivity contribution in [2.45, 2.75) is 55.2 Å². The molecule has 3 heterocycles. The maximum absolute atomic E-state index is 12.9. The largest absolute Gasteiger partial charge is 0.338 e. The average molecular weight is 396 g/mol. The molecule has 1 aliphatic carbocycles. The fourth-order valence-electron chi connectivity index (χ4n) is 3.66. The summed E-state index contributed by atoms with van der Waals surface area (Å²) in [6, 6.07) is 2.56. The van der Waals surface area contributed by atoms with Gasteiger partial charge in [-0.1, -0.05) is 17.6 Å². The SMILES string of the molecule is O=C(Nc1onc2c1CCCC2)[C@H]1CCCCN1S(=O)(=O)c1cccs1. The molecule has 1 fully saturated rings. The number of nitrogens with one attached hydrogen (secondary N) is 1. The van der Waals surface area contributed by atoms with Gasteiger partial charge in [0.2, 0.25) is 11.8 Å². The van der Waals surface area contributed by atoms with E-state index in [-0.39, 0.29) is 10.1 Å². The molecule has 1 N–H and O–H groups in total. The van der Waals surface area contributed by atoms with Gasteiger partial charge in [0.25, 0.3) is 10.0 Å². The second-order valence-electron chi connectivity index (χ2n) is 6.69. The predicted molar refractivity (Wildman–Crippen MR) is 97.6 cm³/mol. The van der Waals surface area contributed by atoms with Crippen LogP contribution in [-0.2, 0) is 27.7 Å². The number of thiophene rings is 1. The first kappa shape index (κ1) is 17.7. The summed E-state index contributed by atoms with van der Waals surface area (Å²) in [6.45, 7) is 0.354. The van der Waals surface area contributed by atoms with Crippen LogP contribution >= 0.6 is 11.3 Å². The van der Waals surface area contributed by atoms with E-state index in [0.717, 1.165) is 49.8 Å². The van der Waals surface area contributed by atoms with Gasteiger partial charge in [-0.05, 0) is 50.0 Å². The minimum atomic E-state index is -3.66. The van der Waals surface area contributed by atoms with Crippen molar-refractivity contribution < 1.29 is 17.7 Å². The predicted octanol–water partition coefficient (Wildman–Crippen LogP) is 2.80. The number of hydrogen-bond donors (Lipinski definition) is 1. The van der Waals surface area contributed by atoms with Gasteiger partial charge in [-0.2, -0.15) is 4.31 Å². The zero-order valence-corrected chi connectivity index (χ0v) is 15.9. The Morgan fingerprint density at radius 1 is 1.27 bits per heavy atom. The quantitative estimate of drug-likeness (QED) is 0.859. The highest BCUT2D eigenvalue weighted by atomic mass is 32.2. The number of amides is 1. The molecule has 1 saturated heterocycles. The summed E-state index contributed by atoms with van der Waals surface area (Å²) in [6.07, 6.45) is 5.89. The summed E-state index contributed by atoms with van der Waals surface area (Å²) in [5.41, 5.74) is 1.85. The topological polar surface area (TPSA) is 92.5 Å². The van der Waals surface area contributed by atoms with Gasteiger partial charge in [-0.25, -0.2) is 8.42 Å². The summed E-state index contributed by atoms with van der Waals surface area (Å²) in [4.78, 5) is 12.9. The molecule has 26 heavy (non-hydrogen) atoms. The zero-order chi connectivity index (χ0) is 18.1. The number of anilines is 1. The van der Waals surface area contributed by atoms with Crippen LogP contribution in [0.25, 0.3) is 0 Å². The average Bonchev–Trinajstić information content (AvgIpc) is 3.33. The van der Waals surface area contributed by atoms with Gasteiger partial charge in [-0.15, -0.1) is 11.3 Å². The Kier molecular flexibility index (Phi) is 4.85. The number of fused-ring (bicyclic) bond motifs is 1. The van der Waals surface area contributed by atoms with Crippen molar-refractivity contribution in [3.8, 4) is 0 Å². The lowest BCUT2D eigenvalue weighted by Crippen LogP contribution is -2.49. The number of nitrogens with zero attached hydrogens (tertiary/aromatic N) is 2. The van der Waals surface area contributed by atoms with E-state index in [2.05, 4.69) is 10.5 Å². The Balaban J connectivity index is 1.57. The molecule has 0 spiro atoms. The fraction of sp³-hybridized carbons (Fsp3) is 0.529. The van der Waals surface area contributed by atoms with Crippen LogP contribution in [0.3, 0.4) is 0 Å². The Hall–Kier alpha value is -1.71. The summed E-state index contributed by atoms with van der Waals surface area (Å²) >= 11 is 1.17. The van der Waals surface area contributed by atoms with Gasteiger partial charge in [0.1, 0.15) is 10.3 Å².